The van der Waals surface area contributed by atoms with Gasteiger partial charge in [0.05, 0.1) is 18.8 Å². The number of rotatable bonds is 8. The second kappa shape index (κ2) is 12.7. The van der Waals surface area contributed by atoms with E-state index in [1.807, 2.05) is 0 Å². The van der Waals surface area contributed by atoms with Crippen LogP contribution in [0.1, 0.15) is 19.4 Å². The molecule has 2 saturated heterocycles. The number of hydrogen-bond acceptors (Lipinski definition) is 13. The van der Waals surface area contributed by atoms with Crippen molar-refractivity contribution in [2.75, 3.05) is 13.7 Å². The average molecular weight is 568 g/mol. The molecule has 3 heterocycles. The number of aliphatic hydroxyl groups is 4. The molecule has 1 aromatic heterocycles. The van der Waals surface area contributed by atoms with Gasteiger partial charge in [0.25, 0.3) is 0 Å². The molecule has 1 amide bonds. The van der Waals surface area contributed by atoms with E-state index in [2.05, 4.69) is 5.32 Å². The topological polar surface area (TPSA) is 203 Å². The zero-order valence-electron chi connectivity index (χ0n) is 22.0. The van der Waals surface area contributed by atoms with Crippen LogP contribution in [0.5, 0.6) is 0 Å². The number of ether oxygens (including phenoxy) is 5. The molecule has 0 bridgehead atoms. The summed E-state index contributed by atoms with van der Waals surface area (Å²) < 4.78 is 32.8. The Labute approximate surface area is 228 Å². The molecule has 10 atom stereocenters. The molecule has 14 heteroatoms. The molecular weight excluding hydrogens is 534 g/mol. The molecule has 0 aliphatic carbocycles. The number of nitrogens with one attached hydrogen (secondary N) is 1. The third kappa shape index (κ3) is 6.34. The van der Waals surface area contributed by atoms with Crippen molar-refractivity contribution in [2.24, 2.45) is 5.92 Å². The number of amides is 1. The maximum absolute atomic E-state index is 13.2. The first kappa shape index (κ1) is 30.0. The Morgan fingerprint density at radius 3 is 2.42 bits per heavy atom. The molecule has 2 aromatic rings. The summed E-state index contributed by atoms with van der Waals surface area (Å²) in [5, 5.41) is 44.9. The van der Waals surface area contributed by atoms with Crippen molar-refractivity contribution < 1.29 is 58.1 Å². The highest BCUT2D eigenvalue weighted by Gasteiger charge is 2.53. The van der Waals surface area contributed by atoms with Gasteiger partial charge >= 0.3 is 11.6 Å². The average Bonchev–Trinajstić information content (AvgIpc) is 2.93. The number of carbonyl (C=O) groups is 2. The largest absolute Gasteiger partial charge is 0.459 e. The molecule has 0 radical (unpaired) electrons. The van der Waals surface area contributed by atoms with Gasteiger partial charge in [0.1, 0.15) is 36.6 Å². The lowest BCUT2D eigenvalue weighted by Gasteiger charge is -2.47. The van der Waals surface area contributed by atoms with E-state index in [0.29, 0.717) is 16.5 Å². The minimum absolute atomic E-state index is 0.263. The predicted molar refractivity (Wildman–Crippen MR) is 133 cm³/mol. The standard InChI is InChI=1S/C26H33NO13/c1-11-18(27-12(2)29)25(38-16(9-28)19(11)31)39-22-20(32)21(33)26(35-3)40-23(22)24(34)36-10-13-4-5-14-6-7-17(30)37-15(14)8-13/h4-8,11,16,18-23,25-26,28,31-33H,9-10H2,1-3H3,(H,27,29)/t11?,16?,18-,19?,20?,21?,22-,23+,25?,26?/m0/s1. The summed E-state index contributed by atoms with van der Waals surface area (Å²) in [5.74, 6) is -2.12. The Balaban J connectivity index is 1.56. The van der Waals surface area contributed by atoms with Gasteiger partial charge in [-0.25, -0.2) is 9.59 Å². The number of carbonyl (C=O) groups excluding carboxylic acids is 2. The van der Waals surface area contributed by atoms with E-state index in [0.717, 1.165) is 0 Å². The third-order valence-corrected chi connectivity index (χ3v) is 7.01. The second-order valence-corrected chi connectivity index (χ2v) is 9.78. The Kier molecular flexibility index (Phi) is 9.53. The van der Waals surface area contributed by atoms with Crippen molar-refractivity contribution in [3.8, 4) is 0 Å². The van der Waals surface area contributed by atoms with Crippen molar-refractivity contribution in [1.29, 1.82) is 0 Å². The summed E-state index contributed by atoms with van der Waals surface area (Å²) >= 11 is 0. The summed E-state index contributed by atoms with van der Waals surface area (Å²) in [6.07, 6.45) is -11.6. The predicted octanol–water partition coefficient (Wildman–Crippen LogP) is -1.47. The number of hydrogen-bond donors (Lipinski definition) is 5. The van der Waals surface area contributed by atoms with Crippen molar-refractivity contribution in [1.82, 2.24) is 5.32 Å². The van der Waals surface area contributed by atoms with E-state index < -0.39 is 85.3 Å². The first-order chi connectivity index (χ1) is 19.0. The van der Waals surface area contributed by atoms with Crippen LogP contribution < -0.4 is 10.9 Å². The van der Waals surface area contributed by atoms with Crippen LogP contribution in [0.4, 0.5) is 0 Å². The second-order valence-electron chi connectivity index (χ2n) is 9.78. The van der Waals surface area contributed by atoms with Crippen molar-refractivity contribution in [3.63, 3.8) is 0 Å². The van der Waals surface area contributed by atoms with Crippen LogP contribution in [0.25, 0.3) is 11.0 Å². The fourth-order valence-electron chi connectivity index (χ4n) is 4.80. The Hall–Kier alpha value is -2.95. The van der Waals surface area contributed by atoms with Crippen LogP contribution in [-0.2, 0) is 39.9 Å². The highest BCUT2D eigenvalue weighted by Crippen LogP contribution is 2.32. The Morgan fingerprint density at radius 1 is 1.02 bits per heavy atom. The van der Waals surface area contributed by atoms with E-state index in [4.69, 9.17) is 28.1 Å². The molecule has 7 unspecified atom stereocenters. The van der Waals surface area contributed by atoms with Crippen molar-refractivity contribution >= 4 is 22.8 Å². The zero-order chi connectivity index (χ0) is 29.1. The molecular formula is C26H33NO13. The number of fused-ring (bicyclic) bond motifs is 1. The maximum atomic E-state index is 13.2. The first-order valence-electron chi connectivity index (χ1n) is 12.6. The van der Waals surface area contributed by atoms with E-state index in [1.54, 1.807) is 25.1 Å². The maximum Gasteiger partial charge on any atom is 0.338 e. The highest BCUT2D eigenvalue weighted by molar-refractivity contribution is 5.78. The number of methoxy groups -OCH3 is 1. The number of benzene rings is 1. The minimum Gasteiger partial charge on any atom is -0.459 e. The Bertz CT molecular complexity index is 1250. The Morgan fingerprint density at radius 2 is 1.75 bits per heavy atom. The summed E-state index contributed by atoms with van der Waals surface area (Å²) in [7, 11) is 1.21. The van der Waals surface area contributed by atoms with Crippen LogP contribution in [0.2, 0.25) is 0 Å². The van der Waals surface area contributed by atoms with Crippen LogP contribution in [0.15, 0.2) is 39.5 Å². The molecule has 2 aliphatic heterocycles. The summed E-state index contributed by atoms with van der Waals surface area (Å²) in [4.78, 5) is 36.6. The molecule has 2 aliphatic rings. The van der Waals surface area contributed by atoms with Gasteiger partial charge in [-0.05, 0) is 17.7 Å². The molecule has 2 fully saturated rings. The highest BCUT2D eigenvalue weighted by atomic mass is 16.7. The molecule has 1 aromatic carbocycles. The summed E-state index contributed by atoms with van der Waals surface area (Å²) in [6.45, 7) is 2.01. The quantitative estimate of drug-likeness (QED) is 0.183. The van der Waals surface area contributed by atoms with Crippen LogP contribution in [0.3, 0.4) is 0 Å². The van der Waals surface area contributed by atoms with Gasteiger partial charge in [-0.1, -0.05) is 19.1 Å². The van der Waals surface area contributed by atoms with Gasteiger partial charge in [-0.15, -0.1) is 0 Å². The monoisotopic (exact) mass is 567 g/mol. The van der Waals surface area contributed by atoms with Gasteiger partial charge in [-0.2, -0.15) is 0 Å². The zero-order valence-corrected chi connectivity index (χ0v) is 22.0. The van der Waals surface area contributed by atoms with Crippen molar-refractivity contribution in [2.45, 2.75) is 75.7 Å². The van der Waals surface area contributed by atoms with E-state index in [-0.39, 0.29) is 6.61 Å². The lowest BCUT2D eigenvalue weighted by Crippen LogP contribution is -2.66. The summed E-state index contributed by atoms with van der Waals surface area (Å²) in [5.41, 5.74) is 0.243. The first-order valence-corrected chi connectivity index (χ1v) is 12.6. The molecule has 4 rings (SSSR count). The van der Waals surface area contributed by atoms with E-state index in [1.165, 1.54) is 26.2 Å². The third-order valence-electron chi connectivity index (χ3n) is 7.01. The molecule has 220 valence electrons. The minimum atomic E-state index is -1.73. The number of aliphatic hydroxyl groups excluding tert-OH is 4. The number of esters is 1. The van der Waals surface area contributed by atoms with E-state index in [9.17, 15) is 34.8 Å². The van der Waals surface area contributed by atoms with Gasteiger partial charge in [0, 0.05) is 31.4 Å². The molecule has 5 N–H and O–H groups in total. The lowest BCUT2D eigenvalue weighted by atomic mass is 9.88. The van der Waals surface area contributed by atoms with Crippen LogP contribution >= 0.6 is 0 Å². The molecule has 14 nitrogen and oxygen atoms in total. The van der Waals surface area contributed by atoms with Gasteiger partial charge in [-0.3, -0.25) is 4.79 Å². The molecule has 0 spiro atoms. The van der Waals surface area contributed by atoms with Crippen LogP contribution in [0, 0.1) is 5.92 Å². The fourth-order valence-corrected chi connectivity index (χ4v) is 4.80. The van der Waals surface area contributed by atoms with Crippen LogP contribution in [-0.4, -0.2) is 101 Å². The van der Waals surface area contributed by atoms with Gasteiger partial charge in [0.15, 0.2) is 18.7 Å². The summed E-state index contributed by atoms with van der Waals surface area (Å²) in [6, 6.07) is 6.80. The lowest BCUT2D eigenvalue weighted by molar-refractivity contribution is -0.335. The smallest absolute Gasteiger partial charge is 0.338 e. The van der Waals surface area contributed by atoms with Gasteiger partial charge in [0.2, 0.25) is 5.91 Å². The normalized spacial score (nSPS) is 34.4. The van der Waals surface area contributed by atoms with Gasteiger partial charge < -0.3 is 53.8 Å². The SMILES string of the molecule is COC1O[C@@H](C(=O)OCc2ccc3ccc(=O)oc3c2)[C@@H](OC2OC(CO)C(O)C(C)[C@@H]2NC(C)=O)C(O)C1O. The fraction of sp³-hybridized carbons (Fsp3) is 0.577. The van der Waals surface area contributed by atoms with Crippen molar-refractivity contribution in [3.05, 3.63) is 46.3 Å². The van der Waals surface area contributed by atoms with E-state index >= 15 is 0 Å². The molecule has 40 heavy (non-hydrogen) atoms. The molecule has 0 saturated carbocycles.